The first-order valence-corrected chi connectivity index (χ1v) is 6.25. The Morgan fingerprint density at radius 3 is 2.61 bits per heavy atom. The van der Waals surface area contributed by atoms with Crippen LogP contribution in [-0.2, 0) is 16.1 Å². The molecule has 0 saturated heterocycles. The summed E-state index contributed by atoms with van der Waals surface area (Å²) in [6.45, 7) is 4.26. The topological polar surface area (TPSA) is 47.6 Å². The van der Waals surface area contributed by atoms with E-state index < -0.39 is 0 Å². The molecular weight excluding hydrogens is 230 g/mol. The van der Waals surface area contributed by atoms with Gasteiger partial charge < -0.3 is 14.8 Å². The lowest BCUT2D eigenvalue weighted by Gasteiger charge is -2.06. The Hall–Kier alpha value is -1.55. The van der Waals surface area contributed by atoms with Gasteiger partial charge in [0, 0.05) is 13.0 Å². The highest BCUT2D eigenvalue weighted by molar-refractivity contribution is 5.69. The molecule has 4 heteroatoms. The maximum absolute atomic E-state index is 10.9. The highest BCUT2D eigenvalue weighted by Gasteiger charge is 1.99. The van der Waals surface area contributed by atoms with Gasteiger partial charge in [-0.3, -0.25) is 4.79 Å². The van der Waals surface area contributed by atoms with Gasteiger partial charge >= 0.3 is 5.97 Å². The van der Waals surface area contributed by atoms with E-state index in [1.807, 2.05) is 31.2 Å². The Morgan fingerprint density at radius 2 is 2.00 bits per heavy atom. The highest BCUT2D eigenvalue weighted by Crippen LogP contribution is 2.11. The second-order valence-electron chi connectivity index (χ2n) is 3.93. The Bertz CT molecular complexity index is 349. The minimum absolute atomic E-state index is 0.155. The lowest BCUT2D eigenvalue weighted by Crippen LogP contribution is -2.16. The number of carbonyl (C=O) groups excluding carboxylic acids is 1. The van der Waals surface area contributed by atoms with E-state index in [0.29, 0.717) is 13.0 Å². The van der Waals surface area contributed by atoms with Crippen LogP contribution < -0.4 is 10.1 Å². The zero-order chi connectivity index (χ0) is 13.2. The van der Waals surface area contributed by atoms with E-state index in [-0.39, 0.29) is 5.97 Å². The fourth-order valence-corrected chi connectivity index (χ4v) is 1.56. The summed E-state index contributed by atoms with van der Waals surface area (Å²) in [5.41, 5.74) is 1.21. The Labute approximate surface area is 108 Å². The number of rotatable bonds is 8. The third kappa shape index (κ3) is 5.68. The summed E-state index contributed by atoms with van der Waals surface area (Å²) in [5, 5.41) is 3.28. The number of hydrogen-bond donors (Lipinski definition) is 1. The van der Waals surface area contributed by atoms with E-state index in [0.717, 1.165) is 25.3 Å². The zero-order valence-electron chi connectivity index (χ0n) is 11.1. The molecule has 0 aliphatic carbocycles. The molecule has 4 nitrogen and oxygen atoms in total. The second-order valence-corrected chi connectivity index (χ2v) is 3.93. The summed E-state index contributed by atoms with van der Waals surface area (Å²) < 4.78 is 9.94. The van der Waals surface area contributed by atoms with Gasteiger partial charge in [-0.2, -0.15) is 0 Å². The molecule has 0 saturated carbocycles. The van der Waals surface area contributed by atoms with Crippen molar-refractivity contribution in [3.05, 3.63) is 29.8 Å². The van der Waals surface area contributed by atoms with E-state index >= 15 is 0 Å². The fourth-order valence-electron chi connectivity index (χ4n) is 1.56. The van der Waals surface area contributed by atoms with Crippen molar-refractivity contribution in [2.24, 2.45) is 0 Å². The largest absolute Gasteiger partial charge is 0.494 e. The summed E-state index contributed by atoms with van der Waals surface area (Å²) in [5.74, 6) is 0.741. The number of esters is 1. The number of methoxy groups -OCH3 is 1. The van der Waals surface area contributed by atoms with Crippen molar-refractivity contribution in [2.45, 2.75) is 26.3 Å². The molecule has 0 aliphatic rings. The van der Waals surface area contributed by atoms with Gasteiger partial charge in [0.25, 0.3) is 0 Å². The Morgan fingerprint density at radius 1 is 1.28 bits per heavy atom. The zero-order valence-corrected chi connectivity index (χ0v) is 11.1. The predicted octanol–water partition coefficient (Wildman–Crippen LogP) is 2.13. The van der Waals surface area contributed by atoms with Crippen molar-refractivity contribution < 1.29 is 14.3 Å². The third-order valence-electron chi connectivity index (χ3n) is 2.53. The summed E-state index contributed by atoms with van der Waals surface area (Å²) in [4.78, 5) is 10.9. The molecule has 0 bridgehead atoms. The van der Waals surface area contributed by atoms with Crippen molar-refractivity contribution >= 4 is 5.97 Å². The molecule has 18 heavy (non-hydrogen) atoms. The van der Waals surface area contributed by atoms with Gasteiger partial charge in [-0.25, -0.2) is 0 Å². The van der Waals surface area contributed by atoms with E-state index in [1.54, 1.807) is 0 Å². The first-order chi connectivity index (χ1) is 8.76. The Kier molecular flexibility index (Phi) is 6.87. The van der Waals surface area contributed by atoms with Gasteiger partial charge in [-0.1, -0.05) is 12.1 Å². The van der Waals surface area contributed by atoms with Crippen LogP contribution in [0.1, 0.15) is 25.3 Å². The van der Waals surface area contributed by atoms with Crippen LogP contribution in [0.3, 0.4) is 0 Å². The molecule has 1 rings (SSSR count). The third-order valence-corrected chi connectivity index (χ3v) is 2.53. The smallest absolute Gasteiger partial charge is 0.305 e. The van der Waals surface area contributed by atoms with Crippen molar-refractivity contribution in [1.29, 1.82) is 0 Å². The van der Waals surface area contributed by atoms with Crippen molar-refractivity contribution in [3.63, 3.8) is 0 Å². The minimum atomic E-state index is -0.155. The number of hydrogen-bond acceptors (Lipinski definition) is 4. The number of carbonyl (C=O) groups is 1. The predicted molar refractivity (Wildman–Crippen MR) is 70.6 cm³/mol. The summed E-state index contributed by atoms with van der Waals surface area (Å²) in [6, 6.07) is 8.01. The fraction of sp³-hybridized carbons (Fsp3) is 0.500. The maximum Gasteiger partial charge on any atom is 0.305 e. The van der Waals surface area contributed by atoms with Gasteiger partial charge in [0.05, 0.1) is 13.7 Å². The molecule has 1 N–H and O–H groups in total. The van der Waals surface area contributed by atoms with Crippen LogP contribution in [0, 0.1) is 0 Å². The van der Waals surface area contributed by atoms with Crippen LogP contribution in [0.4, 0.5) is 0 Å². The number of nitrogens with one attached hydrogen (secondary N) is 1. The molecule has 0 fully saturated rings. The van der Waals surface area contributed by atoms with Gasteiger partial charge in [0.2, 0.25) is 0 Å². The number of benzene rings is 1. The normalized spacial score (nSPS) is 10.1. The van der Waals surface area contributed by atoms with Crippen molar-refractivity contribution in [2.75, 3.05) is 20.3 Å². The van der Waals surface area contributed by atoms with E-state index in [9.17, 15) is 4.79 Å². The van der Waals surface area contributed by atoms with Crippen LogP contribution in [-0.4, -0.2) is 26.2 Å². The lowest BCUT2D eigenvalue weighted by molar-refractivity contribution is -0.140. The lowest BCUT2D eigenvalue weighted by atomic mass is 10.2. The SMILES string of the molecule is CCOc1ccc(CNCCCC(=O)OC)cc1. The molecular formula is C14H21NO3. The molecule has 0 radical (unpaired) electrons. The van der Waals surface area contributed by atoms with Gasteiger partial charge in [-0.15, -0.1) is 0 Å². The average molecular weight is 251 g/mol. The second kappa shape index (κ2) is 8.53. The number of ether oxygens (including phenoxy) is 2. The maximum atomic E-state index is 10.9. The van der Waals surface area contributed by atoms with Gasteiger partial charge in [-0.05, 0) is 37.6 Å². The van der Waals surface area contributed by atoms with Crippen LogP contribution in [0.5, 0.6) is 5.75 Å². The quantitative estimate of drug-likeness (QED) is 0.568. The molecule has 1 aromatic rings. The summed E-state index contributed by atoms with van der Waals surface area (Å²) in [7, 11) is 1.41. The first-order valence-electron chi connectivity index (χ1n) is 6.25. The van der Waals surface area contributed by atoms with Gasteiger partial charge in [0.15, 0.2) is 0 Å². The van der Waals surface area contributed by atoms with Gasteiger partial charge in [0.1, 0.15) is 5.75 Å². The molecule has 0 aromatic heterocycles. The minimum Gasteiger partial charge on any atom is -0.494 e. The van der Waals surface area contributed by atoms with Crippen LogP contribution >= 0.6 is 0 Å². The molecule has 0 heterocycles. The van der Waals surface area contributed by atoms with Crippen molar-refractivity contribution in [1.82, 2.24) is 5.32 Å². The van der Waals surface area contributed by atoms with Crippen LogP contribution in [0.15, 0.2) is 24.3 Å². The van der Waals surface area contributed by atoms with Crippen molar-refractivity contribution in [3.8, 4) is 5.75 Å². The molecule has 0 unspecified atom stereocenters. The van der Waals surface area contributed by atoms with Crippen LogP contribution in [0.2, 0.25) is 0 Å². The van der Waals surface area contributed by atoms with Crippen LogP contribution in [0.25, 0.3) is 0 Å². The molecule has 0 amide bonds. The summed E-state index contributed by atoms with van der Waals surface area (Å²) >= 11 is 0. The molecule has 0 aliphatic heterocycles. The highest BCUT2D eigenvalue weighted by atomic mass is 16.5. The monoisotopic (exact) mass is 251 g/mol. The molecule has 0 spiro atoms. The standard InChI is InChI=1S/C14H21NO3/c1-3-18-13-8-6-12(7-9-13)11-15-10-4-5-14(16)17-2/h6-9,15H,3-5,10-11H2,1-2H3. The summed E-state index contributed by atoms with van der Waals surface area (Å²) in [6.07, 6.45) is 1.26. The van der Waals surface area contributed by atoms with E-state index in [1.165, 1.54) is 12.7 Å². The molecule has 0 atom stereocenters. The molecule has 1 aromatic carbocycles. The van der Waals surface area contributed by atoms with E-state index in [4.69, 9.17) is 4.74 Å². The average Bonchev–Trinajstić information content (AvgIpc) is 2.40. The Balaban J connectivity index is 2.17. The van der Waals surface area contributed by atoms with E-state index in [2.05, 4.69) is 10.1 Å². The first kappa shape index (κ1) is 14.5. The molecule has 100 valence electrons.